The summed E-state index contributed by atoms with van der Waals surface area (Å²) >= 11 is 0. The zero-order valence-electron chi connectivity index (χ0n) is 15.6. The smallest absolute Gasteiger partial charge is 0.217 e. The summed E-state index contributed by atoms with van der Waals surface area (Å²) in [7, 11) is 0. The number of nitrogens with two attached hydrogens (primary N) is 1. The second-order valence-corrected chi connectivity index (χ2v) is 6.97. The molecule has 2 nitrogen and oxygen atoms in total. The summed E-state index contributed by atoms with van der Waals surface area (Å²) < 4.78 is 0. The second-order valence-electron chi connectivity index (χ2n) is 6.97. The van der Waals surface area contributed by atoms with Crippen LogP contribution in [0.4, 0.5) is 0 Å². The van der Waals surface area contributed by atoms with Gasteiger partial charge < -0.3 is 5.73 Å². The third kappa shape index (κ3) is 21.0. The lowest BCUT2D eigenvalue weighted by Gasteiger charge is -1.99. The Bertz CT molecular complexity index is 318. The van der Waals surface area contributed by atoms with Crippen LogP contribution in [0, 0.1) is 5.92 Å². The first-order chi connectivity index (χ1) is 11.1. The molecular formula is C21H39NO. The molecule has 0 saturated heterocycles. The minimum absolute atomic E-state index is 0.168. The fraction of sp³-hybridized carbons (Fsp3) is 0.762. The molecule has 0 radical (unpaired) electrons. The van der Waals surface area contributed by atoms with Gasteiger partial charge in [0.25, 0.3) is 0 Å². The van der Waals surface area contributed by atoms with E-state index in [1.807, 2.05) is 0 Å². The predicted octanol–water partition coefficient (Wildman–Crippen LogP) is 6.31. The van der Waals surface area contributed by atoms with E-state index in [4.69, 9.17) is 5.73 Å². The Morgan fingerprint density at radius 3 is 1.70 bits per heavy atom. The maximum Gasteiger partial charge on any atom is 0.217 e. The molecule has 2 heteroatoms. The first kappa shape index (κ1) is 21.9. The second kappa shape index (κ2) is 17.3. The lowest BCUT2D eigenvalue weighted by atomic mass is 10.1. The molecule has 0 atom stereocenters. The fourth-order valence-corrected chi connectivity index (χ4v) is 2.52. The molecule has 0 fully saturated rings. The summed E-state index contributed by atoms with van der Waals surface area (Å²) in [6.07, 6.45) is 24.6. The van der Waals surface area contributed by atoms with Gasteiger partial charge in [-0.05, 0) is 63.7 Å². The van der Waals surface area contributed by atoms with Gasteiger partial charge in [0.1, 0.15) is 0 Å². The van der Waals surface area contributed by atoms with Gasteiger partial charge in [-0.2, -0.15) is 0 Å². The molecule has 0 bridgehead atoms. The molecule has 0 heterocycles. The van der Waals surface area contributed by atoms with E-state index in [-0.39, 0.29) is 5.91 Å². The van der Waals surface area contributed by atoms with Gasteiger partial charge in [-0.3, -0.25) is 4.79 Å². The zero-order chi connectivity index (χ0) is 17.2. The highest BCUT2D eigenvalue weighted by Crippen LogP contribution is 2.09. The molecule has 23 heavy (non-hydrogen) atoms. The Labute approximate surface area is 144 Å². The molecule has 0 aromatic heterocycles. The monoisotopic (exact) mass is 321 g/mol. The molecule has 0 aromatic rings. The topological polar surface area (TPSA) is 43.1 Å². The Morgan fingerprint density at radius 1 is 0.739 bits per heavy atom. The third-order valence-electron chi connectivity index (χ3n) is 4.03. The number of primary amides is 1. The van der Waals surface area contributed by atoms with E-state index in [2.05, 4.69) is 38.2 Å². The number of rotatable bonds is 16. The Morgan fingerprint density at radius 2 is 1.17 bits per heavy atom. The highest BCUT2D eigenvalue weighted by atomic mass is 16.1. The fourth-order valence-electron chi connectivity index (χ4n) is 2.52. The standard InChI is InChI=1S/C21H39NO/c1-20(2)18-16-14-12-10-8-6-4-3-5-7-9-11-13-15-17-19-21(22)23/h3,5,12,14,20H,4,6-11,13,15-19H2,1-2H3,(H2,22,23)/b5-3-,14-12?. The van der Waals surface area contributed by atoms with E-state index in [0.717, 1.165) is 18.8 Å². The molecule has 0 aliphatic heterocycles. The van der Waals surface area contributed by atoms with Crippen molar-refractivity contribution in [3.63, 3.8) is 0 Å². The van der Waals surface area contributed by atoms with E-state index >= 15 is 0 Å². The average molecular weight is 322 g/mol. The van der Waals surface area contributed by atoms with Gasteiger partial charge in [-0.1, -0.05) is 57.4 Å². The molecule has 0 spiro atoms. The van der Waals surface area contributed by atoms with Crippen molar-refractivity contribution in [3.05, 3.63) is 24.3 Å². The predicted molar refractivity (Wildman–Crippen MR) is 102 cm³/mol. The van der Waals surface area contributed by atoms with Crippen molar-refractivity contribution < 1.29 is 4.79 Å². The van der Waals surface area contributed by atoms with Crippen LogP contribution < -0.4 is 5.73 Å². The molecule has 0 unspecified atom stereocenters. The van der Waals surface area contributed by atoms with Crippen molar-refractivity contribution in [2.24, 2.45) is 11.7 Å². The van der Waals surface area contributed by atoms with Crippen LogP contribution in [-0.2, 0) is 4.79 Å². The van der Waals surface area contributed by atoms with Crippen molar-refractivity contribution in [2.45, 2.75) is 97.3 Å². The molecule has 0 saturated carbocycles. The van der Waals surface area contributed by atoms with E-state index < -0.39 is 0 Å². The van der Waals surface area contributed by atoms with E-state index in [0.29, 0.717) is 6.42 Å². The van der Waals surface area contributed by atoms with Crippen LogP contribution in [0.25, 0.3) is 0 Å². The van der Waals surface area contributed by atoms with Crippen molar-refractivity contribution in [3.8, 4) is 0 Å². The SMILES string of the molecule is CC(C)CCC=CCCCC/C=C\CCCCCCCC(N)=O. The number of hydrogen-bond donors (Lipinski definition) is 1. The molecule has 1 amide bonds. The van der Waals surface area contributed by atoms with Gasteiger partial charge in [-0.25, -0.2) is 0 Å². The summed E-state index contributed by atoms with van der Waals surface area (Å²) in [6.45, 7) is 4.56. The van der Waals surface area contributed by atoms with Crippen molar-refractivity contribution in [2.75, 3.05) is 0 Å². The van der Waals surface area contributed by atoms with E-state index in [9.17, 15) is 4.79 Å². The van der Waals surface area contributed by atoms with Gasteiger partial charge in [0.05, 0.1) is 0 Å². The minimum atomic E-state index is -0.168. The molecule has 2 N–H and O–H groups in total. The molecule has 134 valence electrons. The number of amides is 1. The summed E-state index contributed by atoms with van der Waals surface area (Å²) in [5.41, 5.74) is 5.11. The molecule has 0 aromatic carbocycles. The number of unbranched alkanes of at least 4 members (excludes halogenated alkanes) is 8. The van der Waals surface area contributed by atoms with E-state index in [1.165, 1.54) is 64.2 Å². The van der Waals surface area contributed by atoms with Crippen molar-refractivity contribution >= 4 is 5.91 Å². The molecule has 0 aliphatic carbocycles. The van der Waals surface area contributed by atoms with Gasteiger partial charge in [0.2, 0.25) is 5.91 Å². The Hall–Kier alpha value is -1.05. The number of hydrogen-bond acceptors (Lipinski definition) is 1. The van der Waals surface area contributed by atoms with Gasteiger partial charge >= 0.3 is 0 Å². The van der Waals surface area contributed by atoms with Crippen LogP contribution in [0.15, 0.2) is 24.3 Å². The van der Waals surface area contributed by atoms with Crippen molar-refractivity contribution in [1.29, 1.82) is 0 Å². The minimum Gasteiger partial charge on any atom is -0.370 e. The quantitative estimate of drug-likeness (QED) is 0.262. The van der Waals surface area contributed by atoms with Gasteiger partial charge in [0.15, 0.2) is 0 Å². The third-order valence-corrected chi connectivity index (χ3v) is 4.03. The highest BCUT2D eigenvalue weighted by Gasteiger charge is 1.94. The lowest BCUT2D eigenvalue weighted by molar-refractivity contribution is -0.118. The summed E-state index contributed by atoms with van der Waals surface area (Å²) in [5, 5.41) is 0. The maximum absolute atomic E-state index is 10.6. The average Bonchev–Trinajstić information content (AvgIpc) is 2.49. The van der Waals surface area contributed by atoms with Crippen LogP contribution in [0.5, 0.6) is 0 Å². The largest absolute Gasteiger partial charge is 0.370 e. The van der Waals surface area contributed by atoms with Crippen LogP contribution in [-0.4, -0.2) is 5.91 Å². The van der Waals surface area contributed by atoms with Crippen molar-refractivity contribution in [1.82, 2.24) is 0 Å². The maximum atomic E-state index is 10.6. The van der Waals surface area contributed by atoms with E-state index in [1.54, 1.807) is 0 Å². The zero-order valence-corrected chi connectivity index (χ0v) is 15.6. The first-order valence-electron chi connectivity index (χ1n) is 9.71. The van der Waals surface area contributed by atoms with Crippen LogP contribution in [0.2, 0.25) is 0 Å². The van der Waals surface area contributed by atoms with Crippen LogP contribution in [0.1, 0.15) is 97.3 Å². The van der Waals surface area contributed by atoms with Gasteiger partial charge in [-0.15, -0.1) is 0 Å². The Kier molecular flexibility index (Phi) is 16.5. The Balaban J connectivity index is 3.18. The normalized spacial score (nSPS) is 12.0. The lowest BCUT2D eigenvalue weighted by Crippen LogP contribution is -2.09. The summed E-state index contributed by atoms with van der Waals surface area (Å²) in [6, 6.07) is 0. The molecular weight excluding hydrogens is 282 g/mol. The first-order valence-corrected chi connectivity index (χ1v) is 9.71. The summed E-state index contributed by atoms with van der Waals surface area (Å²) in [5.74, 6) is 0.652. The molecule has 0 rings (SSSR count). The van der Waals surface area contributed by atoms with Gasteiger partial charge in [0, 0.05) is 6.42 Å². The van der Waals surface area contributed by atoms with Crippen LogP contribution >= 0.6 is 0 Å². The number of carbonyl (C=O) groups excluding carboxylic acids is 1. The summed E-state index contributed by atoms with van der Waals surface area (Å²) in [4.78, 5) is 10.6. The number of carbonyl (C=O) groups is 1. The van der Waals surface area contributed by atoms with Crippen LogP contribution in [0.3, 0.4) is 0 Å². The molecule has 0 aliphatic rings. The highest BCUT2D eigenvalue weighted by molar-refractivity contribution is 5.73. The number of allylic oxidation sites excluding steroid dienone is 4.